The smallest absolute Gasteiger partial charge is 0.788 e. The summed E-state index contributed by atoms with van der Waals surface area (Å²) in [5.41, 5.74) is 6.16. The number of hydrogen-bond acceptors (Lipinski definition) is 6. The van der Waals surface area contributed by atoms with Gasteiger partial charge in [0, 0.05) is 0 Å². The van der Waals surface area contributed by atoms with E-state index in [2.05, 4.69) is 16.4 Å². The Morgan fingerprint density at radius 2 is 0.600 bits per heavy atom. The molecule has 0 unspecified atom stereocenters. The molecule has 0 bridgehead atoms. The van der Waals surface area contributed by atoms with Gasteiger partial charge in [0.1, 0.15) is 0 Å². The van der Waals surface area contributed by atoms with Crippen LogP contribution in [0.5, 0.6) is 0 Å². The molecule has 144 valence electrons. The molecule has 0 saturated heterocycles. The van der Waals surface area contributed by atoms with Crippen LogP contribution in [0, 0.1) is 15.6 Å². The van der Waals surface area contributed by atoms with E-state index in [1.807, 2.05) is 0 Å². The molecule has 0 aromatic carbocycles. The minimum Gasteiger partial charge on any atom is -0.788 e. The van der Waals surface area contributed by atoms with Gasteiger partial charge in [0.25, 0.3) is 0 Å². The van der Waals surface area contributed by atoms with Crippen molar-refractivity contribution in [1.29, 1.82) is 0 Å². The molecule has 3 aliphatic carbocycles. The summed E-state index contributed by atoms with van der Waals surface area (Å²) in [6, 6.07) is 0.844. The van der Waals surface area contributed by atoms with Gasteiger partial charge in [-0.1, -0.05) is 57.8 Å². The van der Waals surface area contributed by atoms with Gasteiger partial charge in [-0.2, -0.15) is 0 Å². The van der Waals surface area contributed by atoms with Gasteiger partial charge in [0.15, 0.2) is 0 Å². The number of hydrogen-bond donors (Lipinski definition) is 3. The van der Waals surface area contributed by atoms with Gasteiger partial charge in [0.2, 0.25) is 0 Å². The first-order valence-electron chi connectivity index (χ1n) is 9.93. The standard InChI is InChI=1S/3C6H12NO.Al/c3*8-7-6-4-2-1-3-5-6;/h3*6-7H,1-5H2;/q3*-1;+3. The molecule has 0 radical (unpaired) electrons. The van der Waals surface area contributed by atoms with E-state index in [1.54, 1.807) is 0 Å². The van der Waals surface area contributed by atoms with Crippen LogP contribution in [0.4, 0.5) is 0 Å². The maximum atomic E-state index is 10.0. The Kier molecular flexibility index (Phi) is 17.9. The molecule has 6 nitrogen and oxygen atoms in total. The molecule has 3 fully saturated rings. The van der Waals surface area contributed by atoms with Crippen LogP contribution in [-0.2, 0) is 0 Å². The van der Waals surface area contributed by atoms with Crippen molar-refractivity contribution < 1.29 is 0 Å². The molecule has 0 aromatic heterocycles. The van der Waals surface area contributed by atoms with E-state index in [0.29, 0.717) is 0 Å². The Labute approximate surface area is 164 Å². The van der Waals surface area contributed by atoms with Gasteiger partial charge in [-0.25, -0.2) is 0 Å². The molecule has 0 heterocycles. The van der Waals surface area contributed by atoms with Crippen molar-refractivity contribution in [1.82, 2.24) is 16.4 Å². The third kappa shape index (κ3) is 13.2. The van der Waals surface area contributed by atoms with E-state index in [4.69, 9.17) is 0 Å². The Bertz CT molecular complexity index is 227. The Morgan fingerprint density at radius 1 is 0.400 bits per heavy atom. The molecule has 25 heavy (non-hydrogen) atoms. The molecule has 3 aliphatic rings. The monoisotopic (exact) mass is 369 g/mol. The van der Waals surface area contributed by atoms with Crippen molar-refractivity contribution in [3.8, 4) is 0 Å². The van der Waals surface area contributed by atoms with Crippen LogP contribution in [-0.4, -0.2) is 35.5 Å². The van der Waals surface area contributed by atoms with Crippen LogP contribution < -0.4 is 16.4 Å². The first-order chi connectivity index (χ1) is 11.8. The molecule has 0 aliphatic heterocycles. The average molecular weight is 369 g/mol. The number of hydroxylamine groups is 3. The quantitative estimate of drug-likeness (QED) is 0.516. The summed E-state index contributed by atoms with van der Waals surface area (Å²) in [7, 11) is 0. The van der Waals surface area contributed by atoms with Gasteiger partial charge in [0.05, 0.1) is 0 Å². The normalized spacial score (nSPS) is 22.7. The van der Waals surface area contributed by atoms with E-state index < -0.39 is 0 Å². The van der Waals surface area contributed by atoms with Crippen LogP contribution in [0.3, 0.4) is 0 Å². The second-order valence-corrected chi connectivity index (χ2v) is 7.36. The minimum atomic E-state index is 0. The van der Waals surface area contributed by atoms with Crippen molar-refractivity contribution in [2.24, 2.45) is 0 Å². The largest absolute Gasteiger partial charge is 3.00 e. The van der Waals surface area contributed by atoms with Gasteiger partial charge in [-0.3, -0.25) is 0 Å². The SMILES string of the molecule is [Al+3].[O-]NC1CCCCC1.[O-]NC1CCCCC1.[O-]NC1CCCCC1. The third-order valence-corrected chi connectivity index (χ3v) is 5.32. The van der Waals surface area contributed by atoms with Crippen molar-refractivity contribution in [2.75, 3.05) is 0 Å². The van der Waals surface area contributed by atoms with Gasteiger partial charge in [-0.05, 0) is 56.7 Å². The third-order valence-electron chi connectivity index (χ3n) is 5.32. The predicted molar refractivity (Wildman–Crippen MR) is 106 cm³/mol. The predicted octanol–water partition coefficient (Wildman–Crippen LogP) is 3.84. The number of rotatable bonds is 3. The fourth-order valence-electron chi connectivity index (χ4n) is 3.66. The maximum Gasteiger partial charge on any atom is 3.00 e. The molecule has 0 spiro atoms. The molecular formula is C18H36AlN3O3. The van der Waals surface area contributed by atoms with E-state index in [-0.39, 0.29) is 35.5 Å². The molecule has 0 atom stereocenters. The van der Waals surface area contributed by atoms with Crippen LogP contribution >= 0.6 is 0 Å². The summed E-state index contributed by atoms with van der Waals surface area (Å²) in [6.07, 6.45) is 17.9. The van der Waals surface area contributed by atoms with E-state index >= 15 is 0 Å². The van der Waals surface area contributed by atoms with Crippen LogP contribution in [0.2, 0.25) is 0 Å². The molecule has 3 rings (SSSR count). The molecule has 3 N–H and O–H groups in total. The second kappa shape index (κ2) is 17.7. The van der Waals surface area contributed by atoms with E-state index in [0.717, 1.165) is 38.5 Å². The van der Waals surface area contributed by atoms with Crippen LogP contribution in [0.15, 0.2) is 0 Å². The molecular weight excluding hydrogens is 333 g/mol. The van der Waals surface area contributed by atoms with E-state index in [9.17, 15) is 15.6 Å². The summed E-state index contributed by atoms with van der Waals surface area (Å²) < 4.78 is 0. The molecule has 3 saturated carbocycles. The first kappa shape index (κ1) is 25.3. The van der Waals surface area contributed by atoms with Crippen LogP contribution in [0.1, 0.15) is 96.3 Å². The van der Waals surface area contributed by atoms with Gasteiger partial charge < -0.3 is 32.1 Å². The molecule has 0 aromatic rings. The fourth-order valence-corrected chi connectivity index (χ4v) is 3.66. The molecule has 7 heteroatoms. The maximum absolute atomic E-state index is 10.0. The fraction of sp³-hybridized carbons (Fsp3) is 1.00. The Balaban J connectivity index is 0.000000339. The van der Waals surface area contributed by atoms with Crippen LogP contribution in [0.25, 0.3) is 0 Å². The topological polar surface area (TPSA) is 105 Å². The molecule has 0 amide bonds. The summed E-state index contributed by atoms with van der Waals surface area (Å²) in [6.45, 7) is 0. The van der Waals surface area contributed by atoms with Gasteiger partial charge in [-0.15, -0.1) is 0 Å². The average Bonchev–Trinajstić information content (AvgIpc) is 2.71. The van der Waals surface area contributed by atoms with Crippen molar-refractivity contribution >= 4 is 17.4 Å². The summed E-state index contributed by atoms with van der Waals surface area (Å²) in [5.74, 6) is 0. The van der Waals surface area contributed by atoms with Crippen molar-refractivity contribution in [2.45, 2.75) is 114 Å². The summed E-state index contributed by atoms with van der Waals surface area (Å²) >= 11 is 0. The first-order valence-corrected chi connectivity index (χ1v) is 9.93. The van der Waals surface area contributed by atoms with Gasteiger partial charge >= 0.3 is 17.4 Å². The zero-order chi connectivity index (χ0) is 17.5. The zero-order valence-corrected chi connectivity index (χ0v) is 16.8. The minimum absolute atomic E-state index is 0. The summed E-state index contributed by atoms with van der Waals surface area (Å²) in [4.78, 5) is 0. The van der Waals surface area contributed by atoms with Crippen molar-refractivity contribution in [3.05, 3.63) is 15.6 Å². The second-order valence-electron chi connectivity index (χ2n) is 7.36. The number of nitrogens with one attached hydrogen (secondary N) is 3. The van der Waals surface area contributed by atoms with Crippen molar-refractivity contribution in [3.63, 3.8) is 0 Å². The van der Waals surface area contributed by atoms with E-state index in [1.165, 1.54) is 57.8 Å². The summed E-state index contributed by atoms with van der Waals surface area (Å²) in [5, 5.41) is 30.1. The Hall–Kier alpha value is 0.292. The zero-order valence-electron chi connectivity index (χ0n) is 15.6. The Morgan fingerprint density at radius 3 is 0.720 bits per heavy atom.